The fourth-order valence-corrected chi connectivity index (χ4v) is 3.34. The van der Waals surface area contributed by atoms with E-state index in [1.165, 1.54) is 24.6 Å². The number of carboxylic acids is 1. The van der Waals surface area contributed by atoms with Crippen LogP contribution in [-0.4, -0.2) is 17.0 Å². The Labute approximate surface area is 121 Å². The topological polar surface area (TPSA) is 66.4 Å². The molecule has 2 fully saturated rings. The molecule has 1 aromatic carbocycles. The standard InChI is InChI=1S/C16H16FNO3/c17-13-8-10(6-4-9(13)5-7-14(19)20)18-16(21)15-11-2-1-3-12(11)15/h4-8,11-12,15H,1-3H2,(H,18,21)(H,19,20)/b7-5+. The highest BCUT2D eigenvalue weighted by Crippen LogP contribution is 2.57. The van der Waals surface area contributed by atoms with Crippen LogP contribution in [0.2, 0.25) is 0 Å². The Morgan fingerprint density at radius 2 is 2.00 bits per heavy atom. The summed E-state index contributed by atoms with van der Waals surface area (Å²) in [7, 11) is 0. The largest absolute Gasteiger partial charge is 0.478 e. The van der Waals surface area contributed by atoms with Crippen molar-refractivity contribution in [2.45, 2.75) is 19.3 Å². The van der Waals surface area contributed by atoms with Crippen molar-refractivity contribution in [3.63, 3.8) is 0 Å². The van der Waals surface area contributed by atoms with Crippen molar-refractivity contribution in [3.05, 3.63) is 35.7 Å². The van der Waals surface area contributed by atoms with Gasteiger partial charge in [0.15, 0.2) is 0 Å². The number of carboxylic acid groups (broad SMARTS) is 1. The zero-order chi connectivity index (χ0) is 15.0. The fourth-order valence-electron chi connectivity index (χ4n) is 3.34. The average molecular weight is 289 g/mol. The van der Waals surface area contributed by atoms with E-state index in [-0.39, 0.29) is 17.4 Å². The highest BCUT2D eigenvalue weighted by atomic mass is 19.1. The highest BCUT2D eigenvalue weighted by molar-refractivity contribution is 5.95. The molecule has 1 amide bonds. The van der Waals surface area contributed by atoms with Gasteiger partial charge in [-0.2, -0.15) is 0 Å². The number of carbonyl (C=O) groups is 2. The number of hydrogen-bond acceptors (Lipinski definition) is 2. The maximum Gasteiger partial charge on any atom is 0.328 e. The molecule has 0 aliphatic heterocycles. The third-order valence-electron chi connectivity index (χ3n) is 4.38. The summed E-state index contributed by atoms with van der Waals surface area (Å²) in [6, 6.07) is 4.26. The van der Waals surface area contributed by atoms with Gasteiger partial charge in [-0.3, -0.25) is 4.79 Å². The molecule has 4 nitrogen and oxygen atoms in total. The van der Waals surface area contributed by atoms with E-state index in [1.54, 1.807) is 6.07 Å². The third kappa shape index (κ3) is 2.82. The van der Waals surface area contributed by atoms with Gasteiger partial charge in [0.1, 0.15) is 5.82 Å². The summed E-state index contributed by atoms with van der Waals surface area (Å²) in [6.45, 7) is 0. The van der Waals surface area contributed by atoms with E-state index in [4.69, 9.17) is 5.11 Å². The minimum absolute atomic E-state index is 0.0297. The number of carbonyl (C=O) groups excluding carboxylic acids is 1. The number of benzene rings is 1. The van der Waals surface area contributed by atoms with Crippen LogP contribution in [0, 0.1) is 23.6 Å². The monoisotopic (exact) mass is 289 g/mol. The molecule has 2 saturated carbocycles. The Balaban J connectivity index is 1.65. The lowest BCUT2D eigenvalue weighted by atomic mass is 10.1. The Morgan fingerprint density at radius 3 is 2.62 bits per heavy atom. The Bertz CT molecular complexity index is 616. The van der Waals surface area contributed by atoms with Crippen molar-refractivity contribution in [2.75, 3.05) is 5.32 Å². The summed E-state index contributed by atoms with van der Waals surface area (Å²) in [6.07, 6.45) is 5.51. The third-order valence-corrected chi connectivity index (χ3v) is 4.38. The van der Waals surface area contributed by atoms with E-state index in [2.05, 4.69) is 5.32 Å². The number of aliphatic carboxylic acids is 1. The molecule has 0 saturated heterocycles. The first-order valence-electron chi connectivity index (χ1n) is 7.07. The second kappa shape index (κ2) is 5.31. The summed E-state index contributed by atoms with van der Waals surface area (Å²) in [5.74, 6) is -0.583. The Kier molecular flexibility index (Phi) is 3.49. The van der Waals surface area contributed by atoms with Gasteiger partial charge in [0, 0.05) is 23.2 Å². The van der Waals surface area contributed by atoms with Crippen LogP contribution in [0.3, 0.4) is 0 Å². The van der Waals surface area contributed by atoms with E-state index in [0.717, 1.165) is 18.9 Å². The predicted octanol–water partition coefficient (Wildman–Crippen LogP) is 2.91. The Morgan fingerprint density at radius 1 is 1.29 bits per heavy atom. The molecule has 0 spiro atoms. The quantitative estimate of drug-likeness (QED) is 0.838. The van der Waals surface area contributed by atoms with E-state index in [9.17, 15) is 14.0 Å². The van der Waals surface area contributed by atoms with Crippen LogP contribution in [0.5, 0.6) is 0 Å². The lowest BCUT2D eigenvalue weighted by molar-refractivity contribution is -0.131. The van der Waals surface area contributed by atoms with Crippen LogP contribution in [0.15, 0.2) is 24.3 Å². The van der Waals surface area contributed by atoms with Crippen LogP contribution >= 0.6 is 0 Å². The van der Waals surface area contributed by atoms with E-state index < -0.39 is 11.8 Å². The maximum absolute atomic E-state index is 13.8. The zero-order valence-electron chi connectivity index (χ0n) is 11.4. The number of rotatable bonds is 4. The summed E-state index contributed by atoms with van der Waals surface area (Å²) < 4.78 is 13.8. The van der Waals surface area contributed by atoms with E-state index in [0.29, 0.717) is 17.5 Å². The lowest BCUT2D eigenvalue weighted by Crippen LogP contribution is -2.16. The molecule has 0 heterocycles. The number of amides is 1. The fraction of sp³-hybridized carbons (Fsp3) is 0.375. The van der Waals surface area contributed by atoms with Gasteiger partial charge >= 0.3 is 5.97 Å². The van der Waals surface area contributed by atoms with Crippen LogP contribution in [-0.2, 0) is 9.59 Å². The second-order valence-electron chi connectivity index (χ2n) is 5.68. The van der Waals surface area contributed by atoms with Crippen LogP contribution < -0.4 is 5.32 Å². The molecule has 2 aliphatic rings. The summed E-state index contributed by atoms with van der Waals surface area (Å²) in [4.78, 5) is 22.5. The molecule has 0 aromatic heterocycles. The molecular formula is C16H16FNO3. The Hall–Kier alpha value is -2.17. The van der Waals surface area contributed by atoms with Crippen molar-refractivity contribution in [1.82, 2.24) is 0 Å². The number of halogens is 1. The lowest BCUT2D eigenvalue weighted by Gasteiger charge is -2.07. The number of anilines is 1. The van der Waals surface area contributed by atoms with Crippen LogP contribution in [0.1, 0.15) is 24.8 Å². The molecule has 2 N–H and O–H groups in total. The van der Waals surface area contributed by atoms with Gasteiger partial charge in [-0.1, -0.05) is 6.42 Å². The van der Waals surface area contributed by atoms with Gasteiger partial charge in [0.25, 0.3) is 0 Å². The van der Waals surface area contributed by atoms with Crippen molar-refractivity contribution in [3.8, 4) is 0 Å². The smallest absolute Gasteiger partial charge is 0.328 e. The minimum Gasteiger partial charge on any atom is -0.478 e. The first kappa shape index (κ1) is 13.8. The van der Waals surface area contributed by atoms with Gasteiger partial charge in [-0.15, -0.1) is 0 Å². The highest BCUT2D eigenvalue weighted by Gasteiger charge is 2.56. The van der Waals surface area contributed by atoms with Crippen LogP contribution in [0.4, 0.5) is 10.1 Å². The molecule has 3 rings (SSSR count). The average Bonchev–Trinajstić information content (AvgIpc) is 2.91. The molecule has 2 atom stereocenters. The van der Waals surface area contributed by atoms with Gasteiger partial charge in [-0.25, -0.2) is 9.18 Å². The van der Waals surface area contributed by atoms with Gasteiger partial charge in [-0.05, 0) is 49.0 Å². The van der Waals surface area contributed by atoms with Gasteiger partial charge < -0.3 is 10.4 Å². The zero-order valence-corrected chi connectivity index (χ0v) is 11.4. The minimum atomic E-state index is -1.13. The maximum atomic E-state index is 13.8. The summed E-state index contributed by atoms with van der Waals surface area (Å²) in [5.41, 5.74) is 0.591. The molecule has 5 heteroatoms. The molecule has 2 unspecified atom stereocenters. The van der Waals surface area contributed by atoms with Crippen molar-refractivity contribution >= 4 is 23.6 Å². The summed E-state index contributed by atoms with van der Waals surface area (Å²) in [5, 5.41) is 11.3. The van der Waals surface area contributed by atoms with Crippen LogP contribution in [0.25, 0.3) is 6.08 Å². The molecular weight excluding hydrogens is 273 g/mol. The molecule has 0 bridgehead atoms. The predicted molar refractivity (Wildman–Crippen MR) is 76.0 cm³/mol. The van der Waals surface area contributed by atoms with Gasteiger partial charge in [0.05, 0.1) is 0 Å². The summed E-state index contributed by atoms with van der Waals surface area (Å²) >= 11 is 0. The molecule has 110 valence electrons. The normalized spacial score (nSPS) is 26.6. The first-order chi connectivity index (χ1) is 10.1. The first-order valence-corrected chi connectivity index (χ1v) is 7.07. The molecule has 2 aliphatic carbocycles. The number of fused-ring (bicyclic) bond motifs is 1. The van der Waals surface area contributed by atoms with E-state index in [1.807, 2.05) is 0 Å². The van der Waals surface area contributed by atoms with E-state index >= 15 is 0 Å². The second-order valence-corrected chi connectivity index (χ2v) is 5.68. The van der Waals surface area contributed by atoms with Crippen molar-refractivity contribution < 1.29 is 19.1 Å². The molecule has 1 aromatic rings. The number of nitrogens with one attached hydrogen (secondary N) is 1. The molecule has 21 heavy (non-hydrogen) atoms. The van der Waals surface area contributed by atoms with Gasteiger partial charge in [0.2, 0.25) is 5.91 Å². The van der Waals surface area contributed by atoms with Crippen molar-refractivity contribution in [1.29, 1.82) is 0 Å². The SMILES string of the molecule is O=C(O)/C=C/c1ccc(NC(=O)C2C3CCCC32)cc1F. The number of hydrogen-bond donors (Lipinski definition) is 2. The molecule has 0 radical (unpaired) electrons. The van der Waals surface area contributed by atoms with Crippen molar-refractivity contribution in [2.24, 2.45) is 17.8 Å².